The summed E-state index contributed by atoms with van der Waals surface area (Å²) in [5.41, 5.74) is 7.62. The molecule has 5 nitrogen and oxygen atoms in total. The van der Waals surface area contributed by atoms with Crippen molar-refractivity contribution in [2.75, 3.05) is 6.54 Å². The number of nitrogens with two attached hydrogens (primary N) is 1. The van der Waals surface area contributed by atoms with Crippen molar-refractivity contribution in [2.45, 2.75) is 44.9 Å². The number of hydrogen-bond acceptors (Lipinski definition) is 4. The summed E-state index contributed by atoms with van der Waals surface area (Å²) in [4.78, 5) is 16.3. The number of carbonyl (C=O) groups excluding carboxylic acids is 1. The minimum Gasteiger partial charge on any atom is -0.364 e. The number of hydrogen-bond donors (Lipinski definition) is 2. The molecular weight excluding hydrogens is 242 g/mol. The Hall–Kier alpha value is -1.46. The van der Waals surface area contributed by atoms with Gasteiger partial charge >= 0.3 is 0 Å². The molecule has 1 aromatic rings. The van der Waals surface area contributed by atoms with Gasteiger partial charge in [0.2, 0.25) is 5.91 Å². The SMILES string of the molecule is CCc1cccnc1CNC(=O)C1CCC(CN)O1. The summed E-state index contributed by atoms with van der Waals surface area (Å²) in [7, 11) is 0. The molecule has 2 unspecified atom stereocenters. The van der Waals surface area contributed by atoms with Gasteiger partial charge in [0.05, 0.1) is 18.3 Å². The van der Waals surface area contributed by atoms with E-state index in [4.69, 9.17) is 10.5 Å². The molecule has 2 heterocycles. The van der Waals surface area contributed by atoms with Crippen molar-refractivity contribution in [3.63, 3.8) is 0 Å². The molecule has 0 spiro atoms. The highest BCUT2D eigenvalue weighted by atomic mass is 16.5. The summed E-state index contributed by atoms with van der Waals surface area (Å²) in [5.74, 6) is -0.0661. The third-order valence-corrected chi connectivity index (χ3v) is 3.46. The minimum atomic E-state index is -0.359. The van der Waals surface area contributed by atoms with Crippen molar-refractivity contribution in [3.05, 3.63) is 29.6 Å². The Labute approximate surface area is 113 Å². The molecule has 0 aromatic carbocycles. The van der Waals surface area contributed by atoms with E-state index in [2.05, 4.69) is 17.2 Å². The van der Waals surface area contributed by atoms with E-state index >= 15 is 0 Å². The molecule has 104 valence electrons. The number of amides is 1. The summed E-state index contributed by atoms with van der Waals surface area (Å²) >= 11 is 0. The summed E-state index contributed by atoms with van der Waals surface area (Å²) < 4.78 is 5.56. The molecule has 1 aliphatic heterocycles. The molecular formula is C14H21N3O2. The van der Waals surface area contributed by atoms with Crippen LogP contribution in [0.15, 0.2) is 18.3 Å². The Morgan fingerprint density at radius 2 is 2.42 bits per heavy atom. The molecule has 0 aliphatic carbocycles. The second-order valence-corrected chi connectivity index (χ2v) is 4.74. The van der Waals surface area contributed by atoms with Gasteiger partial charge in [-0.1, -0.05) is 13.0 Å². The van der Waals surface area contributed by atoms with Gasteiger partial charge in [-0.05, 0) is 30.9 Å². The Balaban J connectivity index is 1.87. The van der Waals surface area contributed by atoms with Crippen molar-refractivity contribution in [1.29, 1.82) is 0 Å². The number of carbonyl (C=O) groups is 1. The predicted octanol–water partition coefficient (Wildman–Crippen LogP) is 0.766. The third-order valence-electron chi connectivity index (χ3n) is 3.46. The first-order valence-corrected chi connectivity index (χ1v) is 6.80. The van der Waals surface area contributed by atoms with Gasteiger partial charge in [-0.15, -0.1) is 0 Å². The summed E-state index contributed by atoms with van der Waals surface area (Å²) in [6, 6.07) is 3.95. The molecule has 2 rings (SSSR count). The average Bonchev–Trinajstić information content (AvgIpc) is 2.94. The van der Waals surface area contributed by atoms with Gasteiger partial charge in [-0.3, -0.25) is 9.78 Å². The predicted molar refractivity (Wildman–Crippen MR) is 72.4 cm³/mol. The van der Waals surface area contributed by atoms with Crippen molar-refractivity contribution < 1.29 is 9.53 Å². The Morgan fingerprint density at radius 1 is 1.58 bits per heavy atom. The van der Waals surface area contributed by atoms with Crippen LogP contribution in [0.1, 0.15) is 31.0 Å². The maximum atomic E-state index is 12.0. The van der Waals surface area contributed by atoms with Crippen LogP contribution in [-0.2, 0) is 22.5 Å². The van der Waals surface area contributed by atoms with Crippen LogP contribution in [0.4, 0.5) is 0 Å². The fraction of sp³-hybridized carbons (Fsp3) is 0.571. The lowest BCUT2D eigenvalue weighted by Crippen LogP contribution is -2.35. The van der Waals surface area contributed by atoms with Gasteiger partial charge in [-0.25, -0.2) is 0 Å². The molecule has 0 radical (unpaired) electrons. The highest BCUT2D eigenvalue weighted by Crippen LogP contribution is 2.19. The molecule has 0 bridgehead atoms. The Bertz CT molecular complexity index is 436. The molecule has 5 heteroatoms. The highest BCUT2D eigenvalue weighted by molar-refractivity contribution is 5.81. The van der Waals surface area contributed by atoms with Crippen LogP contribution in [0.5, 0.6) is 0 Å². The topological polar surface area (TPSA) is 77.2 Å². The lowest BCUT2D eigenvalue weighted by atomic mass is 10.1. The van der Waals surface area contributed by atoms with E-state index in [0.29, 0.717) is 13.1 Å². The van der Waals surface area contributed by atoms with Crippen molar-refractivity contribution >= 4 is 5.91 Å². The summed E-state index contributed by atoms with van der Waals surface area (Å²) in [6.07, 6.45) is 3.93. The zero-order valence-corrected chi connectivity index (χ0v) is 11.3. The molecule has 2 atom stereocenters. The second kappa shape index (κ2) is 6.63. The number of nitrogens with zero attached hydrogens (tertiary/aromatic N) is 1. The maximum absolute atomic E-state index is 12.0. The molecule has 19 heavy (non-hydrogen) atoms. The molecule has 1 aromatic heterocycles. The standard InChI is InChI=1S/C14H21N3O2/c1-2-10-4-3-7-16-12(10)9-17-14(18)13-6-5-11(8-15)19-13/h3-4,7,11,13H,2,5-6,8-9,15H2,1H3,(H,17,18). The van der Waals surface area contributed by atoms with E-state index in [9.17, 15) is 4.79 Å². The van der Waals surface area contributed by atoms with Gasteiger partial charge in [0.25, 0.3) is 0 Å². The lowest BCUT2D eigenvalue weighted by Gasteiger charge is -2.13. The van der Waals surface area contributed by atoms with Crippen LogP contribution in [0.25, 0.3) is 0 Å². The van der Waals surface area contributed by atoms with Crippen LogP contribution in [-0.4, -0.2) is 29.6 Å². The largest absolute Gasteiger partial charge is 0.364 e. The van der Waals surface area contributed by atoms with Crippen LogP contribution >= 0.6 is 0 Å². The van der Waals surface area contributed by atoms with Gasteiger partial charge in [-0.2, -0.15) is 0 Å². The van der Waals surface area contributed by atoms with Crippen LogP contribution in [0, 0.1) is 0 Å². The number of aryl methyl sites for hydroxylation is 1. The molecule has 1 saturated heterocycles. The zero-order chi connectivity index (χ0) is 13.7. The van der Waals surface area contributed by atoms with Gasteiger partial charge in [0, 0.05) is 12.7 Å². The molecule has 1 aliphatic rings. The molecule has 1 fully saturated rings. The average molecular weight is 263 g/mol. The van der Waals surface area contributed by atoms with E-state index in [-0.39, 0.29) is 18.1 Å². The number of nitrogens with one attached hydrogen (secondary N) is 1. The second-order valence-electron chi connectivity index (χ2n) is 4.74. The first kappa shape index (κ1) is 14.0. The monoisotopic (exact) mass is 263 g/mol. The fourth-order valence-corrected chi connectivity index (χ4v) is 2.31. The third kappa shape index (κ3) is 3.52. The first-order valence-electron chi connectivity index (χ1n) is 6.80. The van der Waals surface area contributed by atoms with E-state index in [1.807, 2.05) is 12.1 Å². The lowest BCUT2D eigenvalue weighted by molar-refractivity contribution is -0.132. The van der Waals surface area contributed by atoms with Crippen molar-refractivity contribution in [3.8, 4) is 0 Å². The van der Waals surface area contributed by atoms with Crippen molar-refractivity contribution in [2.24, 2.45) is 5.73 Å². The molecule has 0 saturated carbocycles. The van der Waals surface area contributed by atoms with Gasteiger partial charge in [0.15, 0.2) is 0 Å². The number of rotatable bonds is 5. The summed E-state index contributed by atoms with van der Waals surface area (Å²) in [5, 5.41) is 2.89. The Kier molecular flexibility index (Phi) is 4.87. The normalized spacial score (nSPS) is 22.4. The quantitative estimate of drug-likeness (QED) is 0.822. The smallest absolute Gasteiger partial charge is 0.249 e. The van der Waals surface area contributed by atoms with Crippen molar-refractivity contribution in [1.82, 2.24) is 10.3 Å². The summed E-state index contributed by atoms with van der Waals surface area (Å²) in [6.45, 7) is 3.01. The van der Waals surface area contributed by atoms with E-state index < -0.39 is 0 Å². The Morgan fingerprint density at radius 3 is 3.11 bits per heavy atom. The van der Waals surface area contributed by atoms with Gasteiger partial charge in [0.1, 0.15) is 6.10 Å². The first-order chi connectivity index (χ1) is 9.24. The highest BCUT2D eigenvalue weighted by Gasteiger charge is 2.29. The van der Waals surface area contributed by atoms with Crippen LogP contribution in [0.2, 0.25) is 0 Å². The fourth-order valence-electron chi connectivity index (χ4n) is 2.31. The molecule has 1 amide bonds. The maximum Gasteiger partial charge on any atom is 0.249 e. The van der Waals surface area contributed by atoms with Gasteiger partial charge < -0.3 is 15.8 Å². The molecule has 3 N–H and O–H groups in total. The number of pyridine rings is 1. The zero-order valence-electron chi connectivity index (χ0n) is 11.3. The minimum absolute atomic E-state index is 0.0248. The number of aromatic nitrogens is 1. The van der Waals surface area contributed by atoms with E-state index in [1.165, 1.54) is 0 Å². The number of ether oxygens (including phenoxy) is 1. The van der Waals surface area contributed by atoms with E-state index in [0.717, 1.165) is 30.5 Å². The van der Waals surface area contributed by atoms with E-state index in [1.54, 1.807) is 6.20 Å². The van der Waals surface area contributed by atoms with Crippen LogP contribution < -0.4 is 11.1 Å². The van der Waals surface area contributed by atoms with Crippen LogP contribution in [0.3, 0.4) is 0 Å².